The number of hydrogen-bond donors (Lipinski definition) is 3. The Morgan fingerprint density at radius 1 is 1.28 bits per heavy atom. The molecule has 10 heteroatoms. The van der Waals surface area contributed by atoms with Crippen LogP contribution in [0, 0.1) is 12.7 Å². The number of aryl methyl sites for hydroxylation is 1. The molecule has 0 unspecified atom stereocenters. The maximum absolute atomic E-state index is 13.6. The predicted octanol–water partition coefficient (Wildman–Crippen LogP) is 4.23. The number of H-pyrrole nitrogens is 1. The molecule has 0 spiro atoms. The normalized spacial score (nSPS) is 15.1. The zero-order valence-corrected chi connectivity index (χ0v) is 18.4. The summed E-state index contributed by atoms with van der Waals surface area (Å²) < 4.78 is 13.6. The van der Waals surface area contributed by atoms with E-state index in [-0.39, 0.29) is 23.5 Å². The lowest BCUT2D eigenvalue weighted by Gasteiger charge is -2.23. The summed E-state index contributed by atoms with van der Waals surface area (Å²) in [6.45, 7) is 1.72. The summed E-state index contributed by atoms with van der Waals surface area (Å²) in [7, 11) is 0. The third-order valence-electron chi connectivity index (χ3n) is 4.97. The number of benzene rings is 2. The third kappa shape index (κ3) is 4.84. The number of fused-ring (bicyclic) bond motifs is 1. The van der Waals surface area contributed by atoms with Crippen LogP contribution >= 0.6 is 23.4 Å². The zero-order valence-electron chi connectivity index (χ0n) is 16.9. The van der Waals surface area contributed by atoms with E-state index in [4.69, 9.17) is 11.6 Å². The second-order valence-corrected chi connectivity index (χ2v) is 8.71. The lowest BCUT2D eigenvalue weighted by Crippen LogP contribution is -2.36. The molecule has 0 aliphatic carbocycles. The van der Waals surface area contributed by atoms with Gasteiger partial charge in [0.05, 0.1) is 11.5 Å². The summed E-state index contributed by atoms with van der Waals surface area (Å²) in [5.41, 5.74) is 1.43. The maximum atomic E-state index is 13.6. The third-order valence-corrected chi connectivity index (χ3v) is 6.15. The highest BCUT2D eigenvalue weighted by Gasteiger charge is 2.35. The number of thioether (sulfide) groups is 1. The molecule has 0 saturated carbocycles. The van der Waals surface area contributed by atoms with Crippen LogP contribution in [0.2, 0.25) is 5.02 Å². The summed E-state index contributed by atoms with van der Waals surface area (Å²) in [4.78, 5) is 45.0. The van der Waals surface area contributed by atoms with Crippen molar-refractivity contribution < 1.29 is 14.0 Å². The molecule has 3 N–H and O–H groups in total. The first kappa shape index (κ1) is 22.0. The molecular formula is C22H18ClFN4O3S. The number of halogens is 2. The highest BCUT2D eigenvalue weighted by atomic mass is 35.5. The van der Waals surface area contributed by atoms with Crippen LogP contribution in [0.5, 0.6) is 0 Å². The number of amides is 2. The second-order valence-electron chi connectivity index (χ2n) is 7.31. The Morgan fingerprint density at radius 2 is 2.09 bits per heavy atom. The summed E-state index contributed by atoms with van der Waals surface area (Å²) in [5, 5.41) is 6.10. The Hall–Kier alpha value is -3.17. The van der Waals surface area contributed by atoms with Gasteiger partial charge in [0, 0.05) is 22.9 Å². The Labute approximate surface area is 191 Å². The molecule has 1 aliphatic heterocycles. The fourth-order valence-electron chi connectivity index (χ4n) is 3.37. The number of nitrogens with one attached hydrogen (secondary N) is 3. The van der Waals surface area contributed by atoms with E-state index < -0.39 is 29.1 Å². The Morgan fingerprint density at radius 3 is 2.88 bits per heavy atom. The molecular weight excluding hydrogens is 455 g/mol. The van der Waals surface area contributed by atoms with Crippen molar-refractivity contribution in [3.8, 4) is 0 Å². The molecule has 0 saturated heterocycles. The van der Waals surface area contributed by atoms with Crippen molar-refractivity contribution in [1.29, 1.82) is 0 Å². The molecule has 3 aromatic rings. The largest absolute Gasteiger partial charge is 0.325 e. The van der Waals surface area contributed by atoms with Crippen molar-refractivity contribution >= 4 is 46.7 Å². The highest BCUT2D eigenvalue weighted by Crippen LogP contribution is 2.31. The molecule has 2 aromatic carbocycles. The van der Waals surface area contributed by atoms with E-state index >= 15 is 0 Å². The summed E-state index contributed by atoms with van der Waals surface area (Å²) >= 11 is 7.26. The molecule has 0 fully saturated rings. The van der Waals surface area contributed by atoms with Gasteiger partial charge in [-0.3, -0.25) is 14.4 Å². The van der Waals surface area contributed by atoms with Crippen molar-refractivity contribution in [2.45, 2.75) is 30.2 Å². The van der Waals surface area contributed by atoms with Gasteiger partial charge in [0.1, 0.15) is 11.6 Å². The molecule has 1 atom stereocenters. The number of nitrogens with zero attached hydrogens (tertiary/aromatic N) is 1. The zero-order chi connectivity index (χ0) is 22.8. The first-order valence-corrected chi connectivity index (χ1v) is 11.0. The first-order valence-electron chi connectivity index (χ1n) is 9.68. The van der Waals surface area contributed by atoms with E-state index in [1.54, 1.807) is 13.0 Å². The van der Waals surface area contributed by atoms with Crippen LogP contribution < -0.4 is 16.2 Å². The molecule has 1 aliphatic rings. The highest BCUT2D eigenvalue weighted by molar-refractivity contribution is 7.98. The standard InChI is InChI=1S/C22H18ClFN4O3S/c1-11-5-6-14(24)8-16(11)25-20(30)15-9-17(29)26-19-18(15)21(31)28-22(27-19)32-10-12-3-2-4-13(23)7-12/h2-8,15H,9-10H2,1H3,(H,25,30)(H2,26,27,28,29,31)/t15-/m0/s1. The van der Waals surface area contributed by atoms with Gasteiger partial charge >= 0.3 is 0 Å². The minimum absolute atomic E-state index is 0.0507. The number of anilines is 2. The van der Waals surface area contributed by atoms with Gasteiger partial charge in [-0.05, 0) is 42.3 Å². The number of carbonyl (C=O) groups excluding carboxylic acids is 2. The minimum Gasteiger partial charge on any atom is -0.325 e. The van der Waals surface area contributed by atoms with Crippen molar-refractivity contribution in [3.05, 3.63) is 80.3 Å². The van der Waals surface area contributed by atoms with Gasteiger partial charge in [-0.1, -0.05) is 41.6 Å². The van der Waals surface area contributed by atoms with Gasteiger partial charge in [0.2, 0.25) is 11.8 Å². The van der Waals surface area contributed by atoms with Crippen LogP contribution in [0.3, 0.4) is 0 Å². The Kier molecular flexibility index (Phi) is 6.29. The smallest absolute Gasteiger partial charge is 0.257 e. The molecule has 7 nitrogen and oxygen atoms in total. The van der Waals surface area contributed by atoms with Gasteiger partial charge in [-0.15, -0.1) is 0 Å². The first-order chi connectivity index (χ1) is 15.3. The van der Waals surface area contributed by atoms with E-state index in [0.29, 0.717) is 21.5 Å². The molecule has 164 valence electrons. The number of aromatic nitrogens is 2. The molecule has 2 heterocycles. The quantitative estimate of drug-likeness (QED) is 0.381. The number of rotatable bonds is 5. The molecule has 0 radical (unpaired) electrons. The van der Waals surface area contributed by atoms with Crippen LogP contribution in [0.25, 0.3) is 0 Å². The van der Waals surface area contributed by atoms with Crippen molar-refractivity contribution in [1.82, 2.24) is 9.97 Å². The Balaban J connectivity index is 1.59. The second kappa shape index (κ2) is 9.13. The van der Waals surface area contributed by atoms with Crippen LogP contribution in [0.1, 0.15) is 29.0 Å². The molecule has 0 bridgehead atoms. The topological polar surface area (TPSA) is 104 Å². The average Bonchev–Trinajstić information content (AvgIpc) is 2.74. The van der Waals surface area contributed by atoms with Gasteiger partial charge in [-0.2, -0.15) is 0 Å². The van der Waals surface area contributed by atoms with Gasteiger partial charge in [0.25, 0.3) is 5.56 Å². The predicted molar refractivity (Wildman–Crippen MR) is 122 cm³/mol. The lowest BCUT2D eigenvalue weighted by atomic mass is 9.92. The summed E-state index contributed by atoms with van der Waals surface area (Å²) in [5.74, 6) is -2.02. The lowest BCUT2D eigenvalue weighted by molar-refractivity contribution is -0.123. The van der Waals surface area contributed by atoms with Crippen LogP contribution in [0.15, 0.2) is 52.4 Å². The van der Waals surface area contributed by atoms with Gasteiger partial charge < -0.3 is 15.6 Å². The van der Waals surface area contributed by atoms with Crippen LogP contribution in [0.4, 0.5) is 15.9 Å². The van der Waals surface area contributed by atoms with E-state index in [9.17, 15) is 18.8 Å². The molecule has 4 rings (SSSR count). The van der Waals surface area contributed by atoms with E-state index in [1.807, 2.05) is 18.2 Å². The summed E-state index contributed by atoms with van der Waals surface area (Å²) in [6, 6.07) is 11.3. The van der Waals surface area contributed by atoms with E-state index in [0.717, 1.165) is 5.56 Å². The van der Waals surface area contributed by atoms with Crippen molar-refractivity contribution in [2.75, 3.05) is 10.6 Å². The van der Waals surface area contributed by atoms with Crippen molar-refractivity contribution in [3.63, 3.8) is 0 Å². The maximum Gasteiger partial charge on any atom is 0.257 e. The van der Waals surface area contributed by atoms with Gasteiger partial charge in [-0.25, -0.2) is 9.37 Å². The fourth-order valence-corrected chi connectivity index (χ4v) is 4.39. The van der Waals surface area contributed by atoms with Crippen molar-refractivity contribution in [2.24, 2.45) is 0 Å². The Bertz CT molecular complexity index is 1280. The number of hydrogen-bond acceptors (Lipinski definition) is 5. The molecule has 1 aromatic heterocycles. The van der Waals surface area contributed by atoms with Gasteiger partial charge in [0.15, 0.2) is 5.16 Å². The monoisotopic (exact) mass is 472 g/mol. The SMILES string of the molecule is Cc1ccc(F)cc1NC(=O)[C@H]1CC(=O)Nc2nc(SCc3cccc(Cl)c3)[nH]c(=O)c21. The van der Waals surface area contributed by atoms with Crippen LogP contribution in [-0.2, 0) is 15.3 Å². The average molecular weight is 473 g/mol. The number of aromatic amines is 1. The molecule has 32 heavy (non-hydrogen) atoms. The van der Waals surface area contributed by atoms with E-state index in [2.05, 4.69) is 20.6 Å². The molecule has 2 amide bonds. The van der Waals surface area contributed by atoms with Crippen LogP contribution in [-0.4, -0.2) is 21.8 Å². The summed E-state index contributed by atoms with van der Waals surface area (Å²) in [6.07, 6.45) is -0.215. The minimum atomic E-state index is -1.05. The van der Waals surface area contributed by atoms with E-state index in [1.165, 1.54) is 30.0 Å². The number of carbonyl (C=O) groups is 2. The fraction of sp³-hybridized carbons (Fsp3) is 0.182.